The zero-order valence-corrected chi connectivity index (χ0v) is 18.2. The molecular weight excluding hydrogens is 416 g/mol. The highest BCUT2D eigenvalue weighted by Crippen LogP contribution is 2.32. The normalized spacial score (nSPS) is 18.5. The third-order valence-electron chi connectivity index (χ3n) is 5.25. The summed E-state index contributed by atoms with van der Waals surface area (Å²) in [5.41, 5.74) is 3.85. The average molecular weight is 441 g/mol. The van der Waals surface area contributed by atoms with Crippen molar-refractivity contribution in [3.63, 3.8) is 0 Å². The maximum Gasteiger partial charge on any atom is 0.411 e. The first-order chi connectivity index (χ1) is 14.9. The first-order valence-electron chi connectivity index (χ1n) is 10.2. The van der Waals surface area contributed by atoms with Gasteiger partial charge in [-0.1, -0.05) is 17.4 Å². The molecular formula is C22H24N4O4S. The molecule has 0 spiro atoms. The molecule has 3 N–H and O–H groups in total. The Balaban J connectivity index is 1.50. The molecule has 1 aliphatic rings. The fourth-order valence-electron chi connectivity index (χ4n) is 3.58. The number of fused-ring (bicyclic) bond motifs is 1. The van der Waals surface area contributed by atoms with Gasteiger partial charge in [-0.3, -0.25) is 15.1 Å². The average Bonchev–Trinajstić information content (AvgIpc) is 3.12. The molecule has 0 saturated heterocycles. The van der Waals surface area contributed by atoms with Crippen LogP contribution in [0.1, 0.15) is 38.3 Å². The number of hydrogen-bond acceptors (Lipinski definition) is 7. The van der Waals surface area contributed by atoms with Crippen LogP contribution in [0.3, 0.4) is 0 Å². The predicted octanol–water partition coefficient (Wildman–Crippen LogP) is 4.48. The lowest BCUT2D eigenvalue weighted by atomic mass is 9.95. The van der Waals surface area contributed by atoms with Crippen molar-refractivity contribution in [1.82, 2.24) is 9.97 Å². The van der Waals surface area contributed by atoms with E-state index < -0.39 is 6.09 Å². The van der Waals surface area contributed by atoms with E-state index >= 15 is 0 Å². The van der Waals surface area contributed by atoms with Crippen molar-refractivity contribution in [3.05, 3.63) is 36.2 Å². The third kappa shape index (κ3) is 5.18. The number of rotatable bonds is 4. The molecule has 0 aliphatic heterocycles. The number of hydrogen-bond donors (Lipinski definition) is 3. The lowest BCUT2D eigenvalue weighted by molar-refractivity contribution is -0.114. The number of benzene rings is 1. The van der Waals surface area contributed by atoms with Crippen LogP contribution in [0.25, 0.3) is 21.3 Å². The van der Waals surface area contributed by atoms with E-state index in [9.17, 15) is 14.7 Å². The Labute approximate surface area is 183 Å². The van der Waals surface area contributed by atoms with E-state index in [4.69, 9.17) is 4.74 Å². The molecule has 0 bridgehead atoms. The molecule has 3 aromatic rings. The van der Waals surface area contributed by atoms with Crippen LogP contribution in [-0.4, -0.2) is 39.3 Å². The van der Waals surface area contributed by atoms with Crippen LogP contribution in [0.2, 0.25) is 0 Å². The Hall–Kier alpha value is -3.04. The van der Waals surface area contributed by atoms with E-state index in [1.807, 2.05) is 31.2 Å². The van der Waals surface area contributed by atoms with Crippen molar-refractivity contribution < 1.29 is 19.4 Å². The van der Waals surface area contributed by atoms with Crippen LogP contribution in [0.4, 0.5) is 15.6 Å². The summed E-state index contributed by atoms with van der Waals surface area (Å²) in [7, 11) is 0. The van der Waals surface area contributed by atoms with E-state index in [-0.39, 0.29) is 18.1 Å². The highest BCUT2D eigenvalue weighted by molar-refractivity contribution is 7.22. The zero-order valence-electron chi connectivity index (χ0n) is 17.3. The monoisotopic (exact) mass is 440 g/mol. The van der Waals surface area contributed by atoms with Gasteiger partial charge >= 0.3 is 6.09 Å². The van der Waals surface area contributed by atoms with Crippen molar-refractivity contribution in [2.75, 3.05) is 10.6 Å². The number of pyridine rings is 1. The van der Waals surface area contributed by atoms with Gasteiger partial charge in [-0.25, -0.2) is 9.78 Å². The van der Waals surface area contributed by atoms with E-state index in [0.717, 1.165) is 21.3 Å². The summed E-state index contributed by atoms with van der Waals surface area (Å²) >= 11 is 1.40. The lowest BCUT2D eigenvalue weighted by Crippen LogP contribution is -2.28. The summed E-state index contributed by atoms with van der Waals surface area (Å²) in [5.74, 6) is -0.158. The topological polar surface area (TPSA) is 113 Å². The zero-order chi connectivity index (χ0) is 22.0. The Bertz CT molecular complexity index is 1120. The van der Waals surface area contributed by atoms with Gasteiger partial charge in [0.1, 0.15) is 6.10 Å². The van der Waals surface area contributed by atoms with Gasteiger partial charge in [-0.2, -0.15) is 0 Å². The number of aliphatic hydroxyl groups excluding tert-OH is 1. The Kier molecular flexibility index (Phi) is 6.15. The number of carbonyl (C=O) groups excluding carboxylic acids is 2. The quantitative estimate of drug-likeness (QED) is 0.551. The third-order valence-corrected chi connectivity index (χ3v) is 6.18. The van der Waals surface area contributed by atoms with E-state index in [1.165, 1.54) is 18.3 Å². The predicted molar refractivity (Wildman–Crippen MR) is 120 cm³/mol. The molecule has 31 heavy (non-hydrogen) atoms. The minimum atomic E-state index is -0.513. The minimum Gasteiger partial charge on any atom is -0.446 e. The first kappa shape index (κ1) is 21.2. The van der Waals surface area contributed by atoms with Crippen LogP contribution in [-0.2, 0) is 9.53 Å². The second-order valence-corrected chi connectivity index (χ2v) is 8.73. The number of ether oxygens (including phenoxy) is 1. The number of amides is 2. The molecule has 0 unspecified atom stereocenters. The number of nitrogens with one attached hydrogen (secondary N) is 2. The highest BCUT2D eigenvalue weighted by Gasteiger charge is 2.22. The van der Waals surface area contributed by atoms with Crippen molar-refractivity contribution in [2.24, 2.45) is 0 Å². The summed E-state index contributed by atoms with van der Waals surface area (Å²) in [6, 6.07) is 7.68. The summed E-state index contributed by atoms with van der Waals surface area (Å²) < 4.78 is 6.45. The smallest absolute Gasteiger partial charge is 0.411 e. The van der Waals surface area contributed by atoms with Gasteiger partial charge in [-0.05, 0) is 56.4 Å². The molecule has 1 saturated carbocycles. The van der Waals surface area contributed by atoms with Gasteiger partial charge in [-0.15, -0.1) is 0 Å². The number of thiazole rings is 1. The molecule has 2 amide bonds. The molecule has 1 aromatic carbocycles. The molecule has 9 heteroatoms. The van der Waals surface area contributed by atoms with E-state index in [0.29, 0.717) is 42.2 Å². The lowest BCUT2D eigenvalue weighted by Gasteiger charge is -2.25. The van der Waals surface area contributed by atoms with Crippen LogP contribution < -0.4 is 10.6 Å². The number of aryl methyl sites for hydroxylation is 1. The molecule has 0 atom stereocenters. The fourth-order valence-corrected chi connectivity index (χ4v) is 4.53. The number of aromatic nitrogens is 2. The summed E-state index contributed by atoms with van der Waals surface area (Å²) in [4.78, 5) is 32.4. The maximum absolute atomic E-state index is 12.4. The van der Waals surface area contributed by atoms with Gasteiger partial charge in [0.25, 0.3) is 0 Å². The van der Waals surface area contributed by atoms with Crippen LogP contribution >= 0.6 is 11.3 Å². The van der Waals surface area contributed by atoms with Crippen LogP contribution in [0, 0.1) is 6.92 Å². The highest BCUT2D eigenvalue weighted by atomic mass is 32.1. The maximum atomic E-state index is 12.4. The SMILES string of the molecule is CC(=O)Nc1nc2ccc(-c3cnc(C)c(NC(=O)OC4CCC(O)CC4)c3)cc2s1. The summed E-state index contributed by atoms with van der Waals surface area (Å²) in [6.07, 6.45) is 3.41. The standard InChI is InChI=1S/C22H24N4O4S/c1-12-19(26-22(29)30-17-6-4-16(28)5-7-17)9-15(11-23-12)14-3-8-18-20(10-14)31-21(25-18)24-13(2)27/h3,8-11,16-17,28H,4-7H2,1-2H3,(H,26,29)(H,24,25,27). The summed E-state index contributed by atoms with van der Waals surface area (Å²) in [5, 5.41) is 15.7. The Morgan fingerprint density at radius 2 is 1.90 bits per heavy atom. The number of anilines is 2. The molecule has 1 fully saturated rings. The number of carbonyl (C=O) groups is 2. The number of aliphatic hydroxyl groups is 1. The fraction of sp³-hybridized carbons (Fsp3) is 0.364. The number of nitrogens with zero attached hydrogens (tertiary/aromatic N) is 2. The van der Waals surface area contributed by atoms with Gasteiger partial charge in [0, 0.05) is 18.7 Å². The summed E-state index contributed by atoms with van der Waals surface area (Å²) in [6.45, 7) is 3.27. The van der Waals surface area contributed by atoms with Gasteiger partial charge in [0.2, 0.25) is 5.91 Å². The second-order valence-electron chi connectivity index (χ2n) is 7.70. The van der Waals surface area contributed by atoms with Gasteiger partial charge in [0.15, 0.2) is 5.13 Å². The molecule has 0 radical (unpaired) electrons. The minimum absolute atomic E-state index is 0.158. The van der Waals surface area contributed by atoms with Crippen molar-refractivity contribution in [3.8, 4) is 11.1 Å². The van der Waals surface area contributed by atoms with E-state index in [1.54, 1.807) is 6.20 Å². The van der Waals surface area contributed by atoms with Crippen LogP contribution in [0.5, 0.6) is 0 Å². The van der Waals surface area contributed by atoms with Crippen molar-refractivity contribution in [2.45, 2.75) is 51.7 Å². The molecule has 162 valence electrons. The molecule has 4 rings (SSSR count). The van der Waals surface area contributed by atoms with Crippen LogP contribution in [0.15, 0.2) is 30.5 Å². The Morgan fingerprint density at radius 1 is 1.13 bits per heavy atom. The molecule has 2 heterocycles. The largest absolute Gasteiger partial charge is 0.446 e. The van der Waals surface area contributed by atoms with Gasteiger partial charge in [0.05, 0.1) is 27.7 Å². The van der Waals surface area contributed by atoms with E-state index in [2.05, 4.69) is 20.6 Å². The van der Waals surface area contributed by atoms with Crippen molar-refractivity contribution in [1.29, 1.82) is 0 Å². The Morgan fingerprint density at radius 3 is 2.65 bits per heavy atom. The second kappa shape index (κ2) is 8.99. The van der Waals surface area contributed by atoms with Crippen molar-refractivity contribution >= 4 is 44.4 Å². The van der Waals surface area contributed by atoms with Gasteiger partial charge < -0.3 is 15.2 Å². The first-order valence-corrected chi connectivity index (χ1v) is 11.0. The molecule has 1 aliphatic carbocycles. The molecule has 2 aromatic heterocycles. The molecule has 8 nitrogen and oxygen atoms in total.